The van der Waals surface area contributed by atoms with Crippen LogP contribution in [0.15, 0.2) is 24.3 Å². The van der Waals surface area contributed by atoms with Crippen molar-refractivity contribution >= 4 is 15.7 Å². The van der Waals surface area contributed by atoms with E-state index in [1.54, 1.807) is 25.1 Å². The van der Waals surface area contributed by atoms with E-state index < -0.39 is 10.0 Å². The largest absolute Gasteiger partial charge is 0.381 e. The van der Waals surface area contributed by atoms with Crippen LogP contribution in [0, 0.1) is 5.82 Å². The van der Waals surface area contributed by atoms with Gasteiger partial charge in [-0.2, -0.15) is 0 Å². The van der Waals surface area contributed by atoms with Crippen molar-refractivity contribution in [2.75, 3.05) is 31.3 Å². The number of para-hydroxylation sites is 1. The van der Waals surface area contributed by atoms with Crippen LogP contribution in [0.25, 0.3) is 0 Å². The van der Waals surface area contributed by atoms with Gasteiger partial charge in [-0.3, -0.25) is 0 Å². The molecule has 22 heavy (non-hydrogen) atoms. The molecule has 1 heterocycles. The van der Waals surface area contributed by atoms with E-state index in [-0.39, 0.29) is 23.7 Å². The monoisotopic (exact) mass is 330 g/mol. The molecule has 0 aromatic heterocycles. The molecule has 5 nitrogen and oxygen atoms in total. The second-order valence-electron chi connectivity index (χ2n) is 5.62. The summed E-state index contributed by atoms with van der Waals surface area (Å²) in [7, 11) is -1.79. The molecule has 7 heteroatoms. The third-order valence-corrected chi connectivity index (χ3v) is 5.97. The summed E-state index contributed by atoms with van der Waals surface area (Å²) in [4.78, 5) is 0. The first-order valence-corrected chi connectivity index (χ1v) is 9.05. The van der Waals surface area contributed by atoms with E-state index in [2.05, 4.69) is 5.32 Å². The van der Waals surface area contributed by atoms with Crippen molar-refractivity contribution in [3.05, 3.63) is 30.1 Å². The highest BCUT2D eigenvalue weighted by Gasteiger charge is 2.29. The average Bonchev–Trinajstić information content (AvgIpc) is 2.49. The molecule has 0 bridgehead atoms. The Morgan fingerprint density at radius 1 is 1.36 bits per heavy atom. The number of rotatable bonds is 6. The number of hydrogen-bond donors (Lipinski definition) is 1. The maximum atomic E-state index is 13.6. The van der Waals surface area contributed by atoms with Gasteiger partial charge in [0, 0.05) is 26.2 Å². The van der Waals surface area contributed by atoms with Crippen molar-refractivity contribution < 1.29 is 17.5 Å². The lowest BCUT2D eigenvalue weighted by molar-refractivity contribution is 0.134. The average molecular weight is 330 g/mol. The lowest BCUT2D eigenvalue weighted by atomic mass is 10.1. The minimum atomic E-state index is -3.29. The first-order valence-electron chi connectivity index (χ1n) is 7.44. The minimum Gasteiger partial charge on any atom is -0.381 e. The van der Waals surface area contributed by atoms with Crippen molar-refractivity contribution in [1.29, 1.82) is 0 Å². The maximum absolute atomic E-state index is 13.6. The maximum Gasteiger partial charge on any atom is 0.216 e. The molecule has 1 aromatic carbocycles. The predicted octanol–water partition coefficient (Wildman–Crippen LogP) is 2.07. The number of benzene rings is 1. The van der Waals surface area contributed by atoms with E-state index in [9.17, 15) is 12.8 Å². The molecule has 0 spiro atoms. The fourth-order valence-corrected chi connectivity index (χ4v) is 4.25. The van der Waals surface area contributed by atoms with Crippen molar-refractivity contribution in [2.24, 2.45) is 0 Å². The summed E-state index contributed by atoms with van der Waals surface area (Å²) in [6.07, 6.45) is 1.00. The van der Waals surface area contributed by atoms with Gasteiger partial charge in [0.2, 0.25) is 10.0 Å². The van der Waals surface area contributed by atoms with Gasteiger partial charge in [0.15, 0.2) is 0 Å². The third kappa shape index (κ3) is 4.41. The Balaban J connectivity index is 1.89. The number of halogens is 1. The lowest BCUT2D eigenvalue weighted by Crippen LogP contribution is -2.44. The van der Waals surface area contributed by atoms with Crippen LogP contribution in [0.5, 0.6) is 0 Å². The topological polar surface area (TPSA) is 58.6 Å². The predicted molar refractivity (Wildman–Crippen MR) is 84.9 cm³/mol. The highest BCUT2D eigenvalue weighted by atomic mass is 32.2. The summed E-state index contributed by atoms with van der Waals surface area (Å²) in [6.45, 7) is 2.64. The summed E-state index contributed by atoms with van der Waals surface area (Å²) in [5.74, 6) is -0.291. The number of piperidine rings is 1. The van der Waals surface area contributed by atoms with Crippen LogP contribution >= 0.6 is 0 Å². The van der Waals surface area contributed by atoms with Crippen molar-refractivity contribution in [3.63, 3.8) is 0 Å². The molecule has 0 saturated carbocycles. The van der Waals surface area contributed by atoms with Crippen LogP contribution in [0.4, 0.5) is 10.1 Å². The first-order chi connectivity index (χ1) is 10.4. The molecular formula is C15H23FN2O3S. The standard InChI is InChI=1S/C15H23FN2O3S/c1-12(21-2)11-22(19,20)18-9-7-13(8-10-18)17-15-6-4-3-5-14(15)16/h3-6,12-13,17H,7-11H2,1-2H3. The van der Waals surface area contributed by atoms with Crippen molar-refractivity contribution in [3.8, 4) is 0 Å². The van der Waals surface area contributed by atoms with E-state index in [0.29, 0.717) is 31.6 Å². The van der Waals surface area contributed by atoms with Crippen molar-refractivity contribution in [1.82, 2.24) is 4.31 Å². The number of nitrogens with zero attached hydrogens (tertiary/aromatic N) is 1. The number of hydrogen-bond acceptors (Lipinski definition) is 4. The minimum absolute atomic E-state index is 0.00505. The molecule has 1 aromatic rings. The fourth-order valence-electron chi connectivity index (χ4n) is 2.55. The summed E-state index contributed by atoms with van der Waals surface area (Å²) in [6, 6.07) is 6.61. The zero-order chi connectivity index (χ0) is 16.2. The molecular weight excluding hydrogens is 307 g/mol. The zero-order valence-electron chi connectivity index (χ0n) is 13.0. The van der Waals surface area contributed by atoms with Crippen LogP contribution in [-0.2, 0) is 14.8 Å². The number of ether oxygens (including phenoxy) is 1. The van der Waals surface area contributed by atoms with Gasteiger partial charge in [0.1, 0.15) is 5.82 Å². The molecule has 1 aliphatic heterocycles. The molecule has 1 fully saturated rings. The fraction of sp³-hybridized carbons (Fsp3) is 0.600. The number of methoxy groups -OCH3 is 1. The van der Waals surface area contributed by atoms with E-state index in [0.717, 1.165) is 0 Å². The van der Waals surface area contributed by atoms with E-state index in [4.69, 9.17) is 4.74 Å². The van der Waals surface area contributed by atoms with Gasteiger partial charge in [-0.25, -0.2) is 17.1 Å². The third-order valence-electron chi connectivity index (χ3n) is 3.93. The van der Waals surface area contributed by atoms with Gasteiger partial charge in [-0.1, -0.05) is 12.1 Å². The van der Waals surface area contributed by atoms with Crippen molar-refractivity contribution in [2.45, 2.75) is 31.9 Å². The molecule has 1 unspecified atom stereocenters. The van der Waals surface area contributed by atoms with E-state index >= 15 is 0 Å². The Hall–Kier alpha value is -1.18. The molecule has 1 atom stereocenters. The second kappa shape index (κ2) is 7.39. The lowest BCUT2D eigenvalue weighted by Gasteiger charge is -2.32. The molecule has 0 radical (unpaired) electrons. The smallest absolute Gasteiger partial charge is 0.216 e. The Bertz CT molecular complexity index is 586. The molecule has 1 aliphatic rings. The van der Waals surface area contributed by atoms with Crippen LogP contribution in [0.3, 0.4) is 0 Å². The van der Waals surface area contributed by atoms with Crippen LogP contribution in [-0.4, -0.2) is 50.8 Å². The van der Waals surface area contributed by atoms with Gasteiger partial charge in [-0.05, 0) is 31.9 Å². The quantitative estimate of drug-likeness (QED) is 0.867. The summed E-state index contributed by atoms with van der Waals surface area (Å²) < 4.78 is 44.6. The highest BCUT2D eigenvalue weighted by molar-refractivity contribution is 7.89. The van der Waals surface area contributed by atoms with Gasteiger partial charge < -0.3 is 10.1 Å². The normalized spacial score (nSPS) is 19.0. The van der Waals surface area contributed by atoms with Gasteiger partial charge in [-0.15, -0.1) is 0 Å². The van der Waals surface area contributed by atoms with Gasteiger partial charge in [0.05, 0.1) is 17.5 Å². The van der Waals surface area contributed by atoms with E-state index in [1.165, 1.54) is 17.5 Å². The van der Waals surface area contributed by atoms with Gasteiger partial charge >= 0.3 is 0 Å². The molecule has 1 N–H and O–H groups in total. The summed E-state index contributed by atoms with van der Waals surface area (Å²) >= 11 is 0. The first kappa shape index (κ1) is 17.2. The number of nitrogens with one attached hydrogen (secondary N) is 1. The van der Waals surface area contributed by atoms with E-state index in [1.807, 2.05) is 0 Å². The summed E-state index contributed by atoms with van der Waals surface area (Å²) in [5, 5.41) is 3.15. The zero-order valence-corrected chi connectivity index (χ0v) is 13.8. The molecule has 0 amide bonds. The second-order valence-corrected chi connectivity index (χ2v) is 7.64. The molecule has 2 rings (SSSR count). The Morgan fingerprint density at radius 2 is 2.00 bits per heavy atom. The highest BCUT2D eigenvalue weighted by Crippen LogP contribution is 2.21. The van der Waals surface area contributed by atoms with Crippen LogP contribution in [0.1, 0.15) is 19.8 Å². The molecule has 0 aliphatic carbocycles. The Morgan fingerprint density at radius 3 is 2.59 bits per heavy atom. The Kier molecular flexibility index (Phi) is 5.77. The van der Waals surface area contributed by atoms with Gasteiger partial charge in [0.25, 0.3) is 0 Å². The summed E-state index contributed by atoms with van der Waals surface area (Å²) in [5.41, 5.74) is 0.469. The van der Waals surface area contributed by atoms with Crippen LogP contribution < -0.4 is 5.32 Å². The molecule has 124 valence electrons. The van der Waals surface area contributed by atoms with Crippen LogP contribution in [0.2, 0.25) is 0 Å². The SMILES string of the molecule is COC(C)CS(=O)(=O)N1CCC(Nc2ccccc2F)CC1. The molecule has 1 saturated heterocycles. The number of anilines is 1. The Labute approximate surface area is 131 Å². The number of sulfonamides is 1.